The molecular weight excluding hydrogens is 330 g/mol. The maximum atomic E-state index is 12.7. The number of ether oxygens (including phenoxy) is 1. The lowest BCUT2D eigenvalue weighted by molar-refractivity contribution is -0.143. The third kappa shape index (κ3) is 3.57. The van der Waals surface area contributed by atoms with Gasteiger partial charge in [0.05, 0.1) is 12.3 Å². The third-order valence-electron chi connectivity index (χ3n) is 3.82. The Morgan fingerprint density at radius 3 is 2.42 bits per heavy atom. The number of aryl methyl sites for hydroxylation is 1. The second kappa shape index (κ2) is 8.25. The van der Waals surface area contributed by atoms with E-state index in [4.69, 9.17) is 4.74 Å². The van der Waals surface area contributed by atoms with Crippen LogP contribution in [0.3, 0.4) is 0 Å². The predicted molar refractivity (Wildman–Crippen MR) is 99.7 cm³/mol. The van der Waals surface area contributed by atoms with Gasteiger partial charge < -0.3 is 4.74 Å². The van der Waals surface area contributed by atoms with Crippen molar-refractivity contribution in [1.29, 1.82) is 0 Å². The number of carbonyl (C=O) groups excluding carboxylic acids is 3. The van der Waals surface area contributed by atoms with Gasteiger partial charge in [0.25, 0.3) is 5.78 Å². The minimum absolute atomic E-state index is 0.105. The SMILES string of the molecule is C=C/C(=C\C=C/C)N1C(=O)C(=O)C(C(=O)OCC)=C1c1ccc(C)cc1. The van der Waals surface area contributed by atoms with E-state index in [2.05, 4.69) is 6.58 Å². The summed E-state index contributed by atoms with van der Waals surface area (Å²) >= 11 is 0. The quantitative estimate of drug-likeness (QED) is 0.341. The molecule has 0 spiro atoms. The third-order valence-corrected chi connectivity index (χ3v) is 3.82. The van der Waals surface area contributed by atoms with Crippen LogP contribution in [0.15, 0.2) is 66.4 Å². The Hall–Kier alpha value is -3.21. The van der Waals surface area contributed by atoms with Crippen molar-refractivity contribution in [2.75, 3.05) is 6.61 Å². The van der Waals surface area contributed by atoms with E-state index in [1.54, 1.807) is 37.3 Å². The average molecular weight is 351 g/mol. The fourth-order valence-electron chi connectivity index (χ4n) is 2.58. The summed E-state index contributed by atoms with van der Waals surface area (Å²) in [5.74, 6) is -2.50. The van der Waals surface area contributed by atoms with E-state index in [0.29, 0.717) is 11.3 Å². The molecule has 5 nitrogen and oxygen atoms in total. The number of Topliss-reactive ketones (excluding diaryl/α,β-unsaturated/α-hetero) is 1. The number of hydrogen-bond acceptors (Lipinski definition) is 4. The zero-order chi connectivity index (χ0) is 19.3. The molecule has 0 saturated heterocycles. The molecule has 0 radical (unpaired) electrons. The van der Waals surface area contributed by atoms with E-state index in [1.807, 2.05) is 26.0 Å². The lowest BCUT2D eigenvalue weighted by Gasteiger charge is -2.21. The van der Waals surface area contributed by atoms with E-state index in [9.17, 15) is 14.4 Å². The smallest absolute Gasteiger partial charge is 0.344 e. The molecule has 0 aliphatic carbocycles. The van der Waals surface area contributed by atoms with Crippen LogP contribution >= 0.6 is 0 Å². The van der Waals surface area contributed by atoms with E-state index >= 15 is 0 Å². The molecule has 26 heavy (non-hydrogen) atoms. The van der Waals surface area contributed by atoms with Gasteiger partial charge in [-0.2, -0.15) is 0 Å². The van der Waals surface area contributed by atoms with Gasteiger partial charge in [0, 0.05) is 5.70 Å². The molecule has 0 bridgehead atoms. The van der Waals surface area contributed by atoms with E-state index in [-0.39, 0.29) is 17.9 Å². The molecule has 1 aromatic rings. The molecule has 1 heterocycles. The first-order chi connectivity index (χ1) is 12.5. The standard InChI is InChI=1S/C21H21NO4/c1-5-8-9-16(6-2)22-18(15-12-10-14(4)11-13-15)17(19(23)20(22)24)21(25)26-7-3/h5-6,8-13H,2,7H2,1,3-4H3/b8-5-,16-9+. The summed E-state index contributed by atoms with van der Waals surface area (Å²) in [5.41, 5.74) is 1.95. The molecule has 0 fully saturated rings. The minimum Gasteiger partial charge on any atom is -0.462 e. The van der Waals surface area contributed by atoms with Gasteiger partial charge in [-0.05, 0) is 38.5 Å². The summed E-state index contributed by atoms with van der Waals surface area (Å²) in [6.45, 7) is 9.22. The molecule has 0 saturated carbocycles. The van der Waals surface area contributed by atoms with Crippen LogP contribution in [0.2, 0.25) is 0 Å². The molecule has 134 valence electrons. The molecule has 0 N–H and O–H groups in total. The van der Waals surface area contributed by atoms with Gasteiger partial charge in [0.15, 0.2) is 0 Å². The fraction of sp³-hybridized carbons (Fsp3) is 0.190. The van der Waals surface area contributed by atoms with Crippen molar-refractivity contribution in [1.82, 2.24) is 4.90 Å². The number of carbonyl (C=O) groups is 3. The van der Waals surface area contributed by atoms with Crippen LogP contribution in [0.4, 0.5) is 0 Å². The Balaban J connectivity index is 2.74. The molecule has 0 unspecified atom stereocenters. The summed E-state index contributed by atoms with van der Waals surface area (Å²) in [6.07, 6.45) is 6.63. The highest BCUT2D eigenvalue weighted by Gasteiger charge is 2.44. The van der Waals surface area contributed by atoms with Crippen LogP contribution < -0.4 is 0 Å². The topological polar surface area (TPSA) is 63.7 Å². The first-order valence-corrected chi connectivity index (χ1v) is 8.28. The number of ketones is 1. The molecule has 1 amide bonds. The summed E-state index contributed by atoms with van der Waals surface area (Å²) < 4.78 is 5.01. The van der Waals surface area contributed by atoms with Gasteiger partial charge in [-0.1, -0.05) is 48.6 Å². The van der Waals surface area contributed by atoms with Gasteiger partial charge >= 0.3 is 11.9 Å². The predicted octanol–water partition coefficient (Wildman–Crippen LogP) is 3.33. The maximum absolute atomic E-state index is 12.7. The van der Waals surface area contributed by atoms with Crippen molar-refractivity contribution in [2.45, 2.75) is 20.8 Å². The van der Waals surface area contributed by atoms with Crippen LogP contribution in [0, 0.1) is 6.92 Å². The minimum atomic E-state index is -0.882. The van der Waals surface area contributed by atoms with Gasteiger partial charge in [-0.15, -0.1) is 0 Å². The molecule has 5 heteroatoms. The van der Waals surface area contributed by atoms with Gasteiger partial charge in [-0.3, -0.25) is 14.5 Å². The van der Waals surface area contributed by atoms with Crippen LogP contribution in [0.1, 0.15) is 25.0 Å². The van der Waals surface area contributed by atoms with Gasteiger partial charge in [0.2, 0.25) is 0 Å². The number of amides is 1. The van der Waals surface area contributed by atoms with Crippen molar-refractivity contribution >= 4 is 23.4 Å². The van der Waals surface area contributed by atoms with Crippen molar-refractivity contribution in [3.63, 3.8) is 0 Å². The molecule has 1 aromatic carbocycles. The highest BCUT2D eigenvalue weighted by Crippen LogP contribution is 2.34. The van der Waals surface area contributed by atoms with Crippen LogP contribution in [-0.2, 0) is 19.1 Å². The zero-order valence-electron chi connectivity index (χ0n) is 15.1. The van der Waals surface area contributed by atoms with Crippen molar-refractivity contribution in [3.8, 4) is 0 Å². The summed E-state index contributed by atoms with van der Waals surface area (Å²) in [6, 6.07) is 7.22. The van der Waals surface area contributed by atoms with Crippen LogP contribution in [-0.4, -0.2) is 29.2 Å². The Morgan fingerprint density at radius 2 is 1.88 bits per heavy atom. The van der Waals surface area contributed by atoms with Gasteiger partial charge in [0.1, 0.15) is 5.57 Å². The fourth-order valence-corrected chi connectivity index (χ4v) is 2.58. The van der Waals surface area contributed by atoms with Crippen LogP contribution in [0.5, 0.6) is 0 Å². The number of allylic oxidation sites excluding steroid dienone is 4. The summed E-state index contributed by atoms with van der Waals surface area (Å²) in [5, 5.41) is 0. The van der Waals surface area contributed by atoms with Crippen molar-refractivity contribution < 1.29 is 19.1 Å². The average Bonchev–Trinajstić information content (AvgIpc) is 2.89. The highest BCUT2D eigenvalue weighted by molar-refractivity contribution is 6.54. The molecule has 2 rings (SSSR count). The summed E-state index contributed by atoms with van der Waals surface area (Å²) in [7, 11) is 0. The number of benzene rings is 1. The maximum Gasteiger partial charge on any atom is 0.344 e. The molecule has 0 atom stereocenters. The van der Waals surface area contributed by atoms with Crippen LogP contribution in [0.25, 0.3) is 5.70 Å². The zero-order valence-corrected chi connectivity index (χ0v) is 15.1. The number of rotatable bonds is 6. The van der Waals surface area contributed by atoms with E-state index in [0.717, 1.165) is 5.56 Å². The number of esters is 1. The second-order valence-corrected chi connectivity index (χ2v) is 5.60. The van der Waals surface area contributed by atoms with Gasteiger partial charge in [-0.25, -0.2) is 4.79 Å². The molecular formula is C21H21NO4. The monoisotopic (exact) mass is 351 g/mol. The number of hydrogen-bond donors (Lipinski definition) is 0. The summed E-state index contributed by atoms with van der Waals surface area (Å²) in [4.78, 5) is 38.8. The molecule has 1 aliphatic heterocycles. The van der Waals surface area contributed by atoms with E-state index < -0.39 is 17.7 Å². The van der Waals surface area contributed by atoms with Crippen molar-refractivity contribution in [2.24, 2.45) is 0 Å². The number of nitrogens with zero attached hydrogens (tertiary/aromatic N) is 1. The second-order valence-electron chi connectivity index (χ2n) is 5.60. The Bertz CT molecular complexity index is 841. The van der Waals surface area contributed by atoms with Crippen molar-refractivity contribution in [3.05, 3.63) is 77.5 Å². The molecule has 0 aromatic heterocycles. The van der Waals surface area contributed by atoms with E-state index in [1.165, 1.54) is 11.0 Å². The highest BCUT2D eigenvalue weighted by atomic mass is 16.5. The molecule has 1 aliphatic rings. The lowest BCUT2D eigenvalue weighted by atomic mass is 10.0. The largest absolute Gasteiger partial charge is 0.462 e. The first-order valence-electron chi connectivity index (χ1n) is 8.28. The Kier molecular flexibility index (Phi) is 6.07. The Labute approximate surface area is 152 Å². The first kappa shape index (κ1) is 19.1. The Morgan fingerprint density at radius 1 is 1.23 bits per heavy atom. The lowest BCUT2D eigenvalue weighted by Crippen LogP contribution is -2.27. The normalized spacial score (nSPS) is 15.2.